The molecule has 0 atom stereocenters. The average molecular weight is 372 g/mol. The maximum absolute atomic E-state index is 12.7. The highest BCUT2D eigenvalue weighted by atomic mass is 16.5. The minimum atomic E-state index is -0.404. The van der Waals surface area contributed by atoms with Gasteiger partial charge in [-0.3, -0.25) is 4.79 Å². The first-order valence-electron chi connectivity index (χ1n) is 9.57. The van der Waals surface area contributed by atoms with Crippen LogP contribution in [0.3, 0.4) is 0 Å². The number of carbonyl (C=O) groups excluding carboxylic acids is 1. The molecule has 0 saturated carbocycles. The highest BCUT2D eigenvalue weighted by molar-refractivity contribution is 5.83. The molecule has 0 spiro atoms. The van der Waals surface area contributed by atoms with Crippen molar-refractivity contribution in [3.63, 3.8) is 0 Å². The Hall–Kier alpha value is -2.25. The molecule has 1 aliphatic heterocycles. The molecule has 1 fully saturated rings. The lowest BCUT2D eigenvalue weighted by Gasteiger charge is -2.35. The van der Waals surface area contributed by atoms with Crippen molar-refractivity contribution in [3.8, 4) is 11.5 Å². The van der Waals surface area contributed by atoms with Gasteiger partial charge < -0.3 is 19.9 Å². The van der Waals surface area contributed by atoms with Gasteiger partial charge in [0.2, 0.25) is 5.91 Å². The van der Waals surface area contributed by atoms with E-state index in [1.807, 2.05) is 31.2 Å². The third-order valence-electron chi connectivity index (χ3n) is 5.15. The molecular weight excluding hydrogens is 344 g/mol. The minimum absolute atomic E-state index is 0.0976. The second-order valence-corrected chi connectivity index (χ2v) is 7.04. The summed E-state index contributed by atoms with van der Waals surface area (Å²) < 4.78 is 10.6. The van der Waals surface area contributed by atoms with E-state index in [1.165, 1.54) is 0 Å². The number of ether oxygens (including phenoxy) is 1. The first-order valence-corrected chi connectivity index (χ1v) is 9.57. The molecule has 27 heavy (non-hydrogen) atoms. The number of piperidine rings is 1. The number of amides is 1. The largest absolute Gasteiger partial charge is 0.384 e. The van der Waals surface area contributed by atoms with E-state index >= 15 is 0 Å². The quantitative estimate of drug-likeness (QED) is 0.736. The molecular formula is C20H28N4O3. The zero-order valence-electron chi connectivity index (χ0n) is 16.1. The summed E-state index contributed by atoms with van der Waals surface area (Å²) in [4.78, 5) is 17.1. The molecule has 2 heterocycles. The monoisotopic (exact) mass is 372 g/mol. The van der Waals surface area contributed by atoms with Gasteiger partial charge in [0.15, 0.2) is 5.82 Å². The lowest BCUT2D eigenvalue weighted by molar-refractivity contribution is -0.136. The molecule has 1 aromatic carbocycles. The second kappa shape index (κ2) is 9.10. The highest BCUT2D eigenvalue weighted by Gasteiger charge is 2.39. The third kappa shape index (κ3) is 4.73. The molecule has 0 aliphatic carbocycles. The number of aryl methyl sites for hydroxylation is 1. The van der Waals surface area contributed by atoms with Gasteiger partial charge >= 0.3 is 0 Å². The number of nitrogens with zero attached hydrogens (tertiary/aromatic N) is 2. The van der Waals surface area contributed by atoms with Crippen LogP contribution in [-0.2, 0) is 22.4 Å². The molecule has 0 unspecified atom stereocenters. The van der Waals surface area contributed by atoms with E-state index in [0.717, 1.165) is 49.9 Å². The molecule has 1 aromatic heterocycles. The zero-order chi connectivity index (χ0) is 19.1. The summed E-state index contributed by atoms with van der Waals surface area (Å²) in [6, 6.07) is 8.02. The Morgan fingerprint density at radius 3 is 2.67 bits per heavy atom. The Morgan fingerprint density at radius 2 is 2.04 bits per heavy atom. The maximum Gasteiger partial charge on any atom is 0.257 e. The predicted octanol–water partition coefficient (Wildman–Crippen LogP) is 1.97. The summed E-state index contributed by atoms with van der Waals surface area (Å²) in [5.74, 6) is 1.35. The zero-order valence-corrected chi connectivity index (χ0v) is 16.1. The smallest absolute Gasteiger partial charge is 0.257 e. The van der Waals surface area contributed by atoms with Gasteiger partial charge in [0.1, 0.15) is 0 Å². The van der Waals surface area contributed by atoms with Crippen LogP contribution in [0.15, 0.2) is 28.8 Å². The number of methoxy groups -OCH3 is 1. The van der Waals surface area contributed by atoms with Crippen LogP contribution in [0.2, 0.25) is 0 Å². The Morgan fingerprint density at radius 1 is 1.30 bits per heavy atom. The molecule has 1 amide bonds. The number of hydrogen-bond acceptors (Lipinski definition) is 6. The lowest BCUT2D eigenvalue weighted by Crippen LogP contribution is -2.50. The lowest BCUT2D eigenvalue weighted by atomic mass is 9.78. The maximum atomic E-state index is 12.7. The molecule has 1 aliphatic rings. The van der Waals surface area contributed by atoms with Crippen molar-refractivity contribution in [1.82, 2.24) is 20.8 Å². The summed E-state index contributed by atoms with van der Waals surface area (Å²) in [7, 11) is 1.66. The molecule has 2 N–H and O–H groups in total. The van der Waals surface area contributed by atoms with Gasteiger partial charge in [-0.1, -0.05) is 24.2 Å². The molecule has 1 saturated heterocycles. The second-order valence-electron chi connectivity index (χ2n) is 7.04. The van der Waals surface area contributed by atoms with Crippen molar-refractivity contribution in [2.45, 2.75) is 32.6 Å². The molecule has 3 rings (SSSR count). The van der Waals surface area contributed by atoms with Crippen molar-refractivity contribution in [2.75, 3.05) is 33.4 Å². The first kappa shape index (κ1) is 19.5. The van der Waals surface area contributed by atoms with Gasteiger partial charge in [0.05, 0.1) is 12.0 Å². The van der Waals surface area contributed by atoms with Crippen LogP contribution in [0.1, 0.15) is 31.2 Å². The summed E-state index contributed by atoms with van der Waals surface area (Å²) in [6.45, 7) is 4.78. The molecule has 2 aromatic rings. The van der Waals surface area contributed by atoms with Gasteiger partial charge in [-0.25, -0.2) is 0 Å². The fourth-order valence-corrected chi connectivity index (χ4v) is 3.46. The number of carbonyl (C=O) groups is 1. The van der Waals surface area contributed by atoms with Crippen LogP contribution in [0, 0.1) is 5.41 Å². The fourth-order valence-electron chi connectivity index (χ4n) is 3.46. The SMILES string of the molecule is CCc1noc(-c2ccc(CCNC(=O)C3(COC)CCNCC3)cc2)n1. The molecule has 7 heteroatoms. The average Bonchev–Trinajstić information content (AvgIpc) is 3.19. The Bertz CT molecular complexity index is 730. The van der Waals surface area contributed by atoms with Crippen LogP contribution in [-0.4, -0.2) is 49.4 Å². The summed E-state index contributed by atoms with van der Waals surface area (Å²) in [6.07, 6.45) is 3.15. The van der Waals surface area contributed by atoms with Gasteiger partial charge in [-0.2, -0.15) is 4.98 Å². The van der Waals surface area contributed by atoms with E-state index in [-0.39, 0.29) is 5.91 Å². The Labute approximate surface area is 159 Å². The topological polar surface area (TPSA) is 89.3 Å². The van der Waals surface area contributed by atoms with E-state index < -0.39 is 5.41 Å². The Kier molecular flexibility index (Phi) is 6.58. The van der Waals surface area contributed by atoms with E-state index in [4.69, 9.17) is 9.26 Å². The molecule has 7 nitrogen and oxygen atoms in total. The Balaban J connectivity index is 1.53. The van der Waals surface area contributed by atoms with Crippen molar-refractivity contribution in [3.05, 3.63) is 35.7 Å². The molecule has 0 bridgehead atoms. The summed E-state index contributed by atoms with van der Waals surface area (Å²) in [5, 5.41) is 10.3. The van der Waals surface area contributed by atoms with Crippen LogP contribution < -0.4 is 10.6 Å². The van der Waals surface area contributed by atoms with Crippen molar-refractivity contribution in [1.29, 1.82) is 0 Å². The van der Waals surface area contributed by atoms with Crippen molar-refractivity contribution >= 4 is 5.91 Å². The van der Waals surface area contributed by atoms with E-state index in [0.29, 0.717) is 24.9 Å². The van der Waals surface area contributed by atoms with E-state index in [1.54, 1.807) is 7.11 Å². The van der Waals surface area contributed by atoms with E-state index in [2.05, 4.69) is 20.8 Å². The molecule has 146 valence electrons. The van der Waals surface area contributed by atoms with Gasteiger partial charge in [0, 0.05) is 25.6 Å². The van der Waals surface area contributed by atoms with Crippen LogP contribution in [0.4, 0.5) is 0 Å². The van der Waals surface area contributed by atoms with Crippen molar-refractivity contribution in [2.24, 2.45) is 5.41 Å². The highest BCUT2D eigenvalue weighted by Crippen LogP contribution is 2.29. The van der Waals surface area contributed by atoms with Crippen LogP contribution >= 0.6 is 0 Å². The third-order valence-corrected chi connectivity index (χ3v) is 5.15. The van der Waals surface area contributed by atoms with Gasteiger partial charge in [-0.05, 0) is 50.0 Å². The van der Waals surface area contributed by atoms with Gasteiger partial charge in [0.25, 0.3) is 5.89 Å². The summed E-state index contributed by atoms with van der Waals surface area (Å²) >= 11 is 0. The molecule has 0 radical (unpaired) electrons. The predicted molar refractivity (Wildman–Crippen MR) is 102 cm³/mol. The van der Waals surface area contributed by atoms with Crippen molar-refractivity contribution < 1.29 is 14.1 Å². The standard InChI is InChI=1S/C20H28N4O3/c1-3-17-23-18(27-24-17)16-6-4-15(5-7-16)8-11-22-19(25)20(14-26-2)9-12-21-13-10-20/h4-7,21H,3,8-14H2,1-2H3,(H,22,25). The van der Waals surface area contributed by atoms with Crippen LogP contribution in [0.5, 0.6) is 0 Å². The first-order chi connectivity index (χ1) is 13.2. The normalized spacial score (nSPS) is 16.2. The van der Waals surface area contributed by atoms with Crippen LogP contribution in [0.25, 0.3) is 11.5 Å². The minimum Gasteiger partial charge on any atom is -0.384 e. The van der Waals surface area contributed by atoms with E-state index in [9.17, 15) is 4.79 Å². The number of aromatic nitrogens is 2. The number of rotatable bonds is 8. The summed E-state index contributed by atoms with van der Waals surface area (Å²) in [5.41, 5.74) is 1.66. The number of hydrogen-bond donors (Lipinski definition) is 2. The number of nitrogens with one attached hydrogen (secondary N) is 2. The fraction of sp³-hybridized carbons (Fsp3) is 0.550. The number of benzene rings is 1. The van der Waals surface area contributed by atoms with Gasteiger partial charge in [-0.15, -0.1) is 0 Å².